The van der Waals surface area contributed by atoms with Crippen LogP contribution in [0.4, 0.5) is 0 Å². The van der Waals surface area contributed by atoms with Gasteiger partial charge in [-0.15, -0.1) is 0 Å². The summed E-state index contributed by atoms with van der Waals surface area (Å²) >= 11 is 11.8. The number of rotatable bonds is 1. The monoisotopic (exact) mass is 248 g/mol. The molecule has 0 N–H and O–H groups in total. The Bertz CT molecular complexity index is 553. The minimum Gasteiger partial charge on any atom is -0.245 e. The molecule has 0 atom stereocenters. The van der Waals surface area contributed by atoms with E-state index in [2.05, 4.69) is 4.98 Å². The van der Waals surface area contributed by atoms with E-state index in [9.17, 15) is 0 Å². The molecule has 0 saturated heterocycles. The molecule has 16 heavy (non-hydrogen) atoms. The Hall–Kier alpha value is -1.56. The van der Waals surface area contributed by atoms with Crippen LogP contribution in [0.5, 0.6) is 0 Å². The Kier molecular flexibility index (Phi) is 3.09. The zero-order valence-corrected chi connectivity index (χ0v) is 9.63. The van der Waals surface area contributed by atoms with Crippen LogP contribution in [-0.2, 0) is 0 Å². The molecule has 0 bridgehead atoms. The van der Waals surface area contributed by atoms with Crippen LogP contribution in [0.1, 0.15) is 5.69 Å². The highest BCUT2D eigenvalue weighted by atomic mass is 35.5. The predicted octanol–water partition coefficient (Wildman–Crippen LogP) is 3.93. The second-order valence-corrected chi connectivity index (χ2v) is 4.04. The molecule has 1 aromatic carbocycles. The van der Waals surface area contributed by atoms with Crippen molar-refractivity contribution in [3.8, 4) is 17.2 Å². The number of nitrogens with zero attached hydrogens (tertiary/aromatic N) is 2. The van der Waals surface area contributed by atoms with Crippen LogP contribution in [0.3, 0.4) is 0 Å². The van der Waals surface area contributed by atoms with Gasteiger partial charge in [0.25, 0.3) is 0 Å². The van der Waals surface area contributed by atoms with Gasteiger partial charge in [-0.25, -0.2) is 4.98 Å². The second kappa shape index (κ2) is 4.52. The van der Waals surface area contributed by atoms with Gasteiger partial charge in [-0.05, 0) is 35.9 Å². The van der Waals surface area contributed by atoms with E-state index in [-0.39, 0.29) is 0 Å². The van der Waals surface area contributed by atoms with Crippen molar-refractivity contribution in [1.29, 1.82) is 5.26 Å². The highest BCUT2D eigenvalue weighted by Gasteiger charge is 2.06. The summed E-state index contributed by atoms with van der Waals surface area (Å²) in [6, 6.07) is 10.8. The molecule has 0 fully saturated rings. The van der Waals surface area contributed by atoms with Crippen LogP contribution in [-0.4, -0.2) is 4.98 Å². The third-order valence-electron chi connectivity index (χ3n) is 2.09. The molecule has 0 aliphatic carbocycles. The molecule has 2 aromatic rings. The predicted molar refractivity (Wildman–Crippen MR) is 64.4 cm³/mol. The van der Waals surface area contributed by atoms with Crippen molar-refractivity contribution in [1.82, 2.24) is 4.98 Å². The smallest absolute Gasteiger partial charge is 0.148 e. The molecule has 0 spiro atoms. The van der Waals surface area contributed by atoms with Crippen molar-refractivity contribution >= 4 is 23.2 Å². The Labute approximate surface area is 103 Å². The van der Waals surface area contributed by atoms with Gasteiger partial charge in [-0.2, -0.15) is 5.26 Å². The highest BCUT2D eigenvalue weighted by Crippen LogP contribution is 2.28. The standard InChI is InChI=1S/C12H6Cl2N2/c13-9-4-8(5-10(14)6-9)11-2-1-3-16-12(11)7-15/h1-6H. The van der Waals surface area contributed by atoms with E-state index in [1.165, 1.54) is 0 Å². The molecule has 2 nitrogen and oxygen atoms in total. The first-order valence-corrected chi connectivity index (χ1v) is 5.28. The van der Waals surface area contributed by atoms with Gasteiger partial charge in [-0.1, -0.05) is 23.2 Å². The Morgan fingerprint density at radius 3 is 2.44 bits per heavy atom. The molecule has 4 heteroatoms. The van der Waals surface area contributed by atoms with E-state index in [1.807, 2.05) is 12.1 Å². The molecule has 0 saturated carbocycles. The topological polar surface area (TPSA) is 36.7 Å². The van der Waals surface area contributed by atoms with Crippen molar-refractivity contribution in [3.63, 3.8) is 0 Å². The summed E-state index contributed by atoms with van der Waals surface area (Å²) in [4.78, 5) is 3.99. The maximum Gasteiger partial charge on any atom is 0.148 e. The fourth-order valence-corrected chi connectivity index (χ4v) is 1.96. The van der Waals surface area contributed by atoms with Gasteiger partial charge in [0, 0.05) is 21.8 Å². The zero-order valence-electron chi connectivity index (χ0n) is 8.11. The summed E-state index contributed by atoms with van der Waals surface area (Å²) in [5, 5.41) is 10.0. The summed E-state index contributed by atoms with van der Waals surface area (Å²) in [6.07, 6.45) is 1.58. The van der Waals surface area contributed by atoms with Crippen LogP contribution < -0.4 is 0 Å². The van der Waals surface area contributed by atoms with Gasteiger partial charge in [0.2, 0.25) is 0 Å². The van der Waals surface area contributed by atoms with Crippen LogP contribution in [0, 0.1) is 11.3 Å². The van der Waals surface area contributed by atoms with Crippen molar-refractivity contribution in [2.75, 3.05) is 0 Å². The number of nitriles is 1. The van der Waals surface area contributed by atoms with E-state index in [4.69, 9.17) is 28.5 Å². The molecule has 0 unspecified atom stereocenters. The van der Waals surface area contributed by atoms with Crippen molar-refractivity contribution in [2.24, 2.45) is 0 Å². The number of pyridine rings is 1. The second-order valence-electron chi connectivity index (χ2n) is 3.17. The first-order valence-electron chi connectivity index (χ1n) is 4.52. The average Bonchev–Trinajstić information content (AvgIpc) is 2.27. The van der Waals surface area contributed by atoms with Gasteiger partial charge in [-0.3, -0.25) is 0 Å². The van der Waals surface area contributed by atoms with Crippen molar-refractivity contribution in [2.45, 2.75) is 0 Å². The van der Waals surface area contributed by atoms with Crippen molar-refractivity contribution in [3.05, 3.63) is 52.3 Å². The number of benzene rings is 1. The van der Waals surface area contributed by atoms with Gasteiger partial charge in [0.1, 0.15) is 11.8 Å². The van der Waals surface area contributed by atoms with Crippen LogP contribution in [0.2, 0.25) is 10.0 Å². The first-order chi connectivity index (χ1) is 7.70. The molecule has 0 aliphatic heterocycles. The van der Waals surface area contributed by atoms with Gasteiger partial charge < -0.3 is 0 Å². The van der Waals surface area contributed by atoms with Crippen LogP contribution in [0.25, 0.3) is 11.1 Å². The van der Waals surface area contributed by atoms with E-state index < -0.39 is 0 Å². The molecular formula is C12H6Cl2N2. The molecule has 1 aromatic heterocycles. The van der Waals surface area contributed by atoms with Crippen LogP contribution >= 0.6 is 23.2 Å². The quantitative estimate of drug-likeness (QED) is 0.767. The number of hydrogen-bond acceptors (Lipinski definition) is 2. The lowest BCUT2D eigenvalue weighted by Gasteiger charge is -2.04. The van der Waals surface area contributed by atoms with Crippen molar-refractivity contribution < 1.29 is 0 Å². The van der Waals surface area contributed by atoms with Gasteiger partial charge in [0.05, 0.1) is 0 Å². The average molecular weight is 249 g/mol. The summed E-state index contributed by atoms with van der Waals surface area (Å²) in [7, 11) is 0. The first kappa shape index (κ1) is 10.9. The lowest BCUT2D eigenvalue weighted by Crippen LogP contribution is -1.87. The molecule has 1 heterocycles. The summed E-state index contributed by atoms with van der Waals surface area (Å²) in [6.45, 7) is 0. The lowest BCUT2D eigenvalue weighted by molar-refractivity contribution is 1.26. The number of hydrogen-bond donors (Lipinski definition) is 0. The number of aromatic nitrogens is 1. The maximum atomic E-state index is 8.94. The molecule has 78 valence electrons. The zero-order chi connectivity index (χ0) is 11.5. The SMILES string of the molecule is N#Cc1ncccc1-c1cc(Cl)cc(Cl)c1. The van der Waals surface area contributed by atoms with E-state index in [0.717, 1.165) is 11.1 Å². The number of halogens is 2. The molecule has 0 radical (unpaired) electrons. The van der Waals surface area contributed by atoms with E-state index >= 15 is 0 Å². The minimum absolute atomic E-state index is 0.362. The molecule has 2 rings (SSSR count). The van der Waals surface area contributed by atoms with Gasteiger partial charge in [0.15, 0.2) is 0 Å². The van der Waals surface area contributed by atoms with Gasteiger partial charge >= 0.3 is 0 Å². The fourth-order valence-electron chi connectivity index (χ4n) is 1.44. The summed E-state index contributed by atoms with van der Waals surface area (Å²) in [5.74, 6) is 0. The largest absolute Gasteiger partial charge is 0.245 e. The third-order valence-corrected chi connectivity index (χ3v) is 2.52. The Balaban J connectivity index is 2.63. The maximum absolute atomic E-state index is 8.94. The van der Waals surface area contributed by atoms with E-state index in [0.29, 0.717) is 15.7 Å². The highest BCUT2D eigenvalue weighted by molar-refractivity contribution is 6.35. The summed E-state index contributed by atoms with van der Waals surface area (Å²) < 4.78 is 0. The lowest BCUT2D eigenvalue weighted by atomic mass is 10.0. The minimum atomic E-state index is 0.362. The molecule has 0 amide bonds. The summed E-state index contributed by atoms with van der Waals surface area (Å²) in [5.41, 5.74) is 1.89. The molecule has 0 aliphatic rings. The van der Waals surface area contributed by atoms with Crippen LogP contribution in [0.15, 0.2) is 36.5 Å². The fraction of sp³-hybridized carbons (Fsp3) is 0. The Morgan fingerprint density at radius 1 is 1.12 bits per heavy atom. The Morgan fingerprint density at radius 2 is 1.81 bits per heavy atom. The third kappa shape index (κ3) is 2.16. The normalized spacial score (nSPS) is 9.81. The van der Waals surface area contributed by atoms with E-state index in [1.54, 1.807) is 30.5 Å². The molecular weight excluding hydrogens is 243 g/mol.